The third-order valence-electron chi connectivity index (χ3n) is 3.59. The van der Waals surface area contributed by atoms with Crippen molar-refractivity contribution in [3.8, 4) is 0 Å². The predicted octanol–water partition coefficient (Wildman–Crippen LogP) is 1.53. The standard InChI is InChI=1S/C15H21N3O2/c1-10-4-6-12(8-13(10)18(2)3)17-15(20)11-5-7-14(19)16-9-11/h4,6,8,11H,5,7,9H2,1-3H3,(H,16,19)(H,17,20). The molecule has 1 heterocycles. The van der Waals surface area contributed by atoms with Gasteiger partial charge in [-0.15, -0.1) is 0 Å². The van der Waals surface area contributed by atoms with Crippen LogP contribution in [0.3, 0.4) is 0 Å². The monoisotopic (exact) mass is 275 g/mol. The summed E-state index contributed by atoms with van der Waals surface area (Å²) in [6.07, 6.45) is 1.04. The average Bonchev–Trinajstić information content (AvgIpc) is 2.41. The quantitative estimate of drug-likeness (QED) is 0.879. The third kappa shape index (κ3) is 3.29. The normalized spacial score (nSPS) is 18.4. The first-order chi connectivity index (χ1) is 9.47. The highest BCUT2D eigenvalue weighted by molar-refractivity contribution is 5.94. The van der Waals surface area contributed by atoms with Gasteiger partial charge < -0.3 is 15.5 Å². The van der Waals surface area contributed by atoms with Gasteiger partial charge in [0.05, 0.1) is 5.92 Å². The number of piperidine rings is 1. The predicted molar refractivity (Wildman–Crippen MR) is 79.9 cm³/mol. The second kappa shape index (κ2) is 5.94. The minimum absolute atomic E-state index is 0.0271. The first kappa shape index (κ1) is 14.4. The molecule has 1 atom stereocenters. The summed E-state index contributed by atoms with van der Waals surface area (Å²) >= 11 is 0. The highest BCUT2D eigenvalue weighted by atomic mass is 16.2. The number of nitrogens with one attached hydrogen (secondary N) is 2. The summed E-state index contributed by atoms with van der Waals surface area (Å²) in [5.41, 5.74) is 3.04. The molecule has 0 bridgehead atoms. The van der Waals surface area contributed by atoms with Crippen LogP contribution in [0, 0.1) is 12.8 Å². The van der Waals surface area contributed by atoms with Gasteiger partial charge in [-0.1, -0.05) is 6.07 Å². The molecule has 1 aliphatic heterocycles. The first-order valence-corrected chi connectivity index (χ1v) is 6.83. The van der Waals surface area contributed by atoms with Gasteiger partial charge in [0.2, 0.25) is 11.8 Å². The Morgan fingerprint density at radius 1 is 1.40 bits per heavy atom. The largest absolute Gasteiger partial charge is 0.377 e. The van der Waals surface area contributed by atoms with Crippen LogP contribution in [0.15, 0.2) is 18.2 Å². The molecule has 1 aromatic carbocycles. The van der Waals surface area contributed by atoms with Gasteiger partial charge in [0.1, 0.15) is 0 Å². The molecular weight excluding hydrogens is 254 g/mol. The summed E-state index contributed by atoms with van der Waals surface area (Å²) < 4.78 is 0. The molecule has 0 aliphatic carbocycles. The molecule has 2 N–H and O–H groups in total. The van der Waals surface area contributed by atoms with Crippen molar-refractivity contribution < 1.29 is 9.59 Å². The number of carbonyl (C=O) groups is 2. The molecule has 0 spiro atoms. The minimum Gasteiger partial charge on any atom is -0.377 e. The van der Waals surface area contributed by atoms with Gasteiger partial charge in [0.15, 0.2) is 0 Å². The minimum atomic E-state index is -0.142. The zero-order valence-electron chi connectivity index (χ0n) is 12.2. The van der Waals surface area contributed by atoms with Crippen molar-refractivity contribution in [3.63, 3.8) is 0 Å². The van der Waals surface area contributed by atoms with E-state index in [-0.39, 0.29) is 17.7 Å². The Morgan fingerprint density at radius 2 is 2.15 bits per heavy atom. The number of carbonyl (C=O) groups excluding carboxylic acids is 2. The summed E-state index contributed by atoms with van der Waals surface area (Å²) in [5.74, 6) is -0.144. The second-order valence-electron chi connectivity index (χ2n) is 5.42. The van der Waals surface area contributed by atoms with E-state index >= 15 is 0 Å². The van der Waals surface area contributed by atoms with Crippen molar-refractivity contribution in [2.24, 2.45) is 5.92 Å². The molecule has 0 radical (unpaired) electrons. The fourth-order valence-electron chi connectivity index (χ4n) is 2.37. The van der Waals surface area contributed by atoms with E-state index in [0.29, 0.717) is 19.4 Å². The van der Waals surface area contributed by atoms with Crippen LogP contribution in [0.25, 0.3) is 0 Å². The van der Waals surface area contributed by atoms with Crippen LogP contribution in [0.2, 0.25) is 0 Å². The summed E-state index contributed by atoms with van der Waals surface area (Å²) in [4.78, 5) is 25.3. The topological polar surface area (TPSA) is 61.4 Å². The lowest BCUT2D eigenvalue weighted by Gasteiger charge is -2.22. The molecule has 2 rings (SSSR count). The fraction of sp³-hybridized carbons (Fsp3) is 0.467. The number of rotatable bonds is 3. The highest BCUT2D eigenvalue weighted by Gasteiger charge is 2.24. The Kier molecular flexibility index (Phi) is 4.27. The summed E-state index contributed by atoms with van der Waals surface area (Å²) in [7, 11) is 3.95. The van der Waals surface area contributed by atoms with Gasteiger partial charge in [-0.2, -0.15) is 0 Å². The maximum absolute atomic E-state index is 12.2. The zero-order chi connectivity index (χ0) is 14.7. The van der Waals surface area contributed by atoms with Gasteiger partial charge in [-0.25, -0.2) is 0 Å². The van der Waals surface area contributed by atoms with E-state index in [4.69, 9.17) is 0 Å². The van der Waals surface area contributed by atoms with Crippen LogP contribution in [0.1, 0.15) is 18.4 Å². The molecule has 5 heteroatoms. The van der Waals surface area contributed by atoms with Gasteiger partial charge >= 0.3 is 0 Å². The molecule has 1 aliphatic rings. The average molecular weight is 275 g/mol. The van der Waals surface area contributed by atoms with E-state index in [9.17, 15) is 9.59 Å². The van der Waals surface area contributed by atoms with Crippen molar-refractivity contribution in [2.75, 3.05) is 30.9 Å². The van der Waals surface area contributed by atoms with E-state index in [0.717, 1.165) is 16.9 Å². The Bertz CT molecular complexity index is 516. The van der Waals surface area contributed by atoms with E-state index in [1.54, 1.807) is 0 Å². The summed E-state index contributed by atoms with van der Waals surface area (Å²) in [6, 6.07) is 5.86. The highest BCUT2D eigenvalue weighted by Crippen LogP contribution is 2.23. The van der Waals surface area contributed by atoms with Crippen molar-refractivity contribution in [3.05, 3.63) is 23.8 Å². The van der Waals surface area contributed by atoms with Crippen LogP contribution in [-0.2, 0) is 9.59 Å². The number of benzene rings is 1. The summed E-state index contributed by atoms with van der Waals surface area (Å²) in [5, 5.41) is 5.66. The first-order valence-electron chi connectivity index (χ1n) is 6.83. The Balaban J connectivity index is 2.04. The van der Waals surface area contributed by atoms with Crippen LogP contribution in [0.5, 0.6) is 0 Å². The van der Waals surface area contributed by atoms with Crippen molar-refractivity contribution in [1.29, 1.82) is 0 Å². The maximum atomic E-state index is 12.2. The molecule has 1 fully saturated rings. The number of amides is 2. The van der Waals surface area contributed by atoms with Crippen molar-refractivity contribution in [2.45, 2.75) is 19.8 Å². The molecule has 108 valence electrons. The molecule has 5 nitrogen and oxygen atoms in total. The van der Waals surface area contributed by atoms with Gasteiger partial charge in [-0.05, 0) is 31.0 Å². The Hall–Kier alpha value is -2.04. The van der Waals surface area contributed by atoms with Crippen molar-refractivity contribution in [1.82, 2.24) is 5.32 Å². The van der Waals surface area contributed by atoms with Crippen LogP contribution in [0.4, 0.5) is 11.4 Å². The molecule has 0 saturated carbocycles. The number of aryl methyl sites for hydroxylation is 1. The van der Waals surface area contributed by atoms with Crippen LogP contribution >= 0.6 is 0 Å². The van der Waals surface area contributed by atoms with E-state index in [1.807, 2.05) is 44.1 Å². The molecular formula is C15H21N3O2. The van der Waals surface area contributed by atoms with E-state index in [2.05, 4.69) is 10.6 Å². The fourth-order valence-corrected chi connectivity index (χ4v) is 2.37. The van der Waals surface area contributed by atoms with Gasteiger partial charge in [-0.3, -0.25) is 9.59 Å². The maximum Gasteiger partial charge on any atom is 0.229 e. The van der Waals surface area contributed by atoms with Gasteiger partial charge in [0, 0.05) is 38.4 Å². The number of hydrogen-bond donors (Lipinski definition) is 2. The smallest absolute Gasteiger partial charge is 0.229 e. The molecule has 0 aromatic heterocycles. The Morgan fingerprint density at radius 3 is 2.75 bits per heavy atom. The number of nitrogens with zero attached hydrogens (tertiary/aromatic N) is 1. The lowest BCUT2D eigenvalue weighted by molar-refractivity contribution is -0.126. The van der Waals surface area contributed by atoms with Crippen LogP contribution in [-0.4, -0.2) is 32.5 Å². The lowest BCUT2D eigenvalue weighted by Crippen LogP contribution is -2.40. The molecule has 1 unspecified atom stereocenters. The van der Waals surface area contributed by atoms with Gasteiger partial charge in [0.25, 0.3) is 0 Å². The Labute approximate surface area is 119 Å². The number of anilines is 2. The SMILES string of the molecule is Cc1ccc(NC(=O)C2CCC(=O)NC2)cc1N(C)C. The zero-order valence-corrected chi connectivity index (χ0v) is 12.2. The van der Waals surface area contributed by atoms with E-state index in [1.165, 1.54) is 0 Å². The molecule has 20 heavy (non-hydrogen) atoms. The lowest BCUT2D eigenvalue weighted by atomic mass is 9.98. The van der Waals surface area contributed by atoms with E-state index < -0.39 is 0 Å². The number of hydrogen-bond acceptors (Lipinski definition) is 3. The molecule has 1 aromatic rings. The summed E-state index contributed by atoms with van der Waals surface area (Å²) in [6.45, 7) is 2.47. The molecule has 2 amide bonds. The molecule has 1 saturated heterocycles. The second-order valence-corrected chi connectivity index (χ2v) is 5.42. The third-order valence-corrected chi connectivity index (χ3v) is 3.59. The van der Waals surface area contributed by atoms with Crippen LogP contribution < -0.4 is 15.5 Å². The van der Waals surface area contributed by atoms with Crippen molar-refractivity contribution >= 4 is 23.2 Å².